The number of benzene rings is 1. The van der Waals surface area contributed by atoms with E-state index in [9.17, 15) is 13.6 Å². The van der Waals surface area contributed by atoms with Gasteiger partial charge in [-0.05, 0) is 43.7 Å². The van der Waals surface area contributed by atoms with E-state index in [1.807, 2.05) is 32.0 Å². The average Bonchev–Trinajstić information content (AvgIpc) is 3.08. The van der Waals surface area contributed by atoms with Crippen LogP contribution in [-0.2, 0) is 0 Å². The summed E-state index contributed by atoms with van der Waals surface area (Å²) in [5, 5.41) is 4.13. The molecule has 1 aliphatic rings. The number of aromatic nitrogens is 3. The molecule has 1 amide bonds. The Balaban J connectivity index is 1.85. The molecule has 0 bridgehead atoms. The zero-order valence-corrected chi connectivity index (χ0v) is 14.9. The first-order valence-electron chi connectivity index (χ1n) is 8.63. The second-order valence-corrected chi connectivity index (χ2v) is 6.69. The van der Waals surface area contributed by atoms with Crippen LogP contribution in [0.3, 0.4) is 0 Å². The lowest BCUT2D eigenvalue weighted by Crippen LogP contribution is -2.45. The van der Waals surface area contributed by atoms with Crippen LogP contribution in [0.5, 0.6) is 0 Å². The second-order valence-electron chi connectivity index (χ2n) is 6.69. The van der Waals surface area contributed by atoms with Gasteiger partial charge in [0.1, 0.15) is 11.7 Å². The zero-order chi connectivity index (χ0) is 19.1. The fraction of sp³-hybridized carbons (Fsp3) is 0.250. The molecule has 7 heteroatoms. The molecule has 138 valence electrons. The van der Waals surface area contributed by atoms with Crippen LogP contribution >= 0.6 is 0 Å². The normalized spacial score (nSPS) is 16.7. The van der Waals surface area contributed by atoms with Crippen LogP contribution in [-0.4, -0.2) is 33.6 Å². The van der Waals surface area contributed by atoms with E-state index >= 15 is 0 Å². The Morgan fingerprint density at radius 1 is 1.15 bits per heavy atom. The number of rotatable bonds is 3. The van der Waals surface area contributed by atoms with Crippen LogP contribution in [0.15, 0.2) is 48.8 Å². The van der Waals surface area contributed by atoms with Crippen molar-refractivity contribution in [3.8, 4) is 11.1 Å². The van der Waals surface area contributed by atoms with E-state index in [-0.39, 0.29) is 18.1 Å². The zero-order valence-electron chi connectivity index (χ0n) is 14.9. The molecule has 3 heterocycles. The van der Waals surface area contributed by atoms with E-state index in [1.165, 1.54) is 15.8 Å². The fourth-order valence-electron chi connectivity index (χ4n) is 3.36. The predicted octanol–water partition coefficient (Wildman–Crippen LogP) is 4.03. The molecule has 27 heavy (non-hydrogen) atoms. The summed E-state index contributed by atoms with van der Waals surface area (Å²) in [4.78, 5) is 18.8. The highest BCUT2D eigenvalue weighted by Gasteiger charge is 2.39. The van der Waals surface area contributed by atoms with Crippen molar-refractivity contribution in [1.82, 2.24) is 14.8 Å². The van der Waals surface area contributed by atoms with Gasteiger partial charge in [0.25, 0.3) is 12.3 Å². The van der Waals surface area contributed by atoms with Gasteiger partial charge in [0, 0.05) is 23.1 Å². The van der Waals surface area contributed by atoms with Gasteiger partial charge in [-0.25, -0.2) is 13.5 Å². The highest BCUT2D eigenvalue weighted by atomic mass is 19.3. The first kappa shape index (κ1) is 17.3. The number of nitrogens with zero attached hydrogens (tertiary/aromatic N) is 4. The summed E-state index contributed by atoms with van der Waals surface area (Å²) in [7, 11) is 0. The number of pyridine rings is 1. The molecule has 0 fully saturated rings. The number of carbonyl (C=O) groups is 1. The lowest BCUT2D eigenvalue weighted by Gasteiger charge is -2.33. The van der Waals surface area contributed by atoms with Gasteiger partial charge in [-0.15, -0.1) is 0 Å². The van der Waals surface area contributed by atoms with E-state index in [0.29, 0.717) is 11.3 Å². The van der Waals surface area contributed by atoms with Crippen molar-refractivity contribution in [2.45, 2.75) is 26.3 Å². The topological polar surface area (TPSA) is 51.0 Å². The Bertz CT molecular complexity index is 997. The number of halogens is 2. The van der Waals surface area contributed by atoms with Gasteiger partial charge in [-0.3, -0.25) is 9.78 Å². The van der Waals surface area contributed by atoms with Crippen molar-refractivity contribution < 1.29 is 13.6 Å². The SMILES string of the molecule is Cc1ccc(N2CC(C(F)F)n3ncc(-c4ccnc(C)c4)c3C2=O)cc1. The predicted molar refractivity (Wildman–Crippen MR) is 98.1 cm³/mol. The molecule has 0 radical (unpaired) electrons. The fourth-order valence-corrected chi connectivity index (χ4v) is 3.36. The first-order chi connectivity index (χ1) is 13.0. The van der Waals surface area contributed by atoms with Crippen molar-refractivity contribution in [3.63, 3.8) is 0 Å². The molecule has 1 unspecified atom stereocenters. The maximum Gasteiger partial charge on any atom is 0.277 e. The number of hydrogen-bond donors (Lipinski definition) is 0. The Hall–Kier alpha value is -3.09. The van der Waals surface area contributed by atoms with Gasteiger partial charge < -0.3 is 4.90 Å². The molecular weight excluding hydrogens is 350 g/mol. The van der Waals surface area contributed by atoms with E-state index in [1.54, 1.807) is 24.4 Å². The summed E-state index contributed by atoms with van der Waals surface area (Å²) in [6.45, 7) is 3.65. The van der Waals surface area contributed by atoms with E-state index in [2.05, 4.69) is 10.1 Å². The molecule has 4 rings (SSSR count). The third-order valence-electron chi connectivity index (χ3n) is 4.77. The Kier molecular flexibility index (Phi) is 4.22. The van der Waals surface area contributed by atoms with Crippen LogP contribution in [0.4, 0.5) is 14.5 Å². The minimum Gasteiger partial charge on any atom is -0.305 e. The van der Waals surface area contributed by atoms with Crippen molar-refractivity contribution in [3.05, 3.63) is 65.7 Å². The molecule has 0 spiro atoms. The Labute approximate surface area is 155 Å². The summed E-state index contributed by atoms with van der Waals surface area (Å²) in [5.74, 6) is -0.335. The molecule has 5 nitrogen and oxygen atoms in total. The molecule has 1 aromatic carbocycles. The smallest absolute Gasteiger partial charge is 0.277 e. The van der Waals surface area contributed by atoms with Crippen LogP contribution in [0.1, 0.15) is 27.8 Å². The van der Waals surface area contributed by atoms with Gasteiger partial charge in [0.15, 0.2) is 0 Å². The third-order valence-corrected chi connectivity index (χ3v) is 4.77. The number of hydrogen-bond acceptors (Lipinski definition) is 3. The highest BCUT2D eigenvalue weighted by Crippen LogP contribution is 2.34. The minimum atomic E-state index is -2.64. The number of alkyl halides is 2. The quantitative estimate of drug-likeness (QED) is 0.701. The number of anilines is 1. The van der Waals surface area contributed by atoms with E-state index in [0.717, 1.165) is 16.8 Å². The molecule has 1 aliphatic heterocycles. The maximum absolute atomic E-state index is 13.7. The van der Waals surface area contributed by atoms with E-state index in [4.69, 9.17) is 0 Å². The van der Waals surface area contributed by atoms with Gasteiger partial charge in [-0.2, -0.15) is 5.10 Å². The number of carbonyl (C=O) groups excluding carboxylic acids is 1. The number of aryl methyl sites for hydroxylation is 2. The monoisotopic (exact) mass is 368 g/mol. The van der Waals surface area contributed by atoms with Crippen LogP contribution in [0.2, 0.25) is 0 Å². The molecular formula is C20H18F2N4O. The summed E-state index contributed by atoms with van der Waals surface area (Å²) in [6.07, 6.45) is 0.470. The standard InChI is InChI=1S/C20H18F2N4O/c1-12-3-5-15(6-4-12)25-11-17(19(21)22)26-18(20(25)27)16(10-24-26)14-7-8-23-13(2)9-14/h3-10,17,19H,11H2,1-2H3. The maximum atomic E-state index is 13.7. The largest absolute Gasteiger partial charge is 0.305 e. The lowest BCUT2D eigenvalue weighted by atomic mass is 10.0. The average molecular weight is 368 g/mol. The Morgan fingerprint density at radius 3 is 2.56 bits per heavy atom. The molecule has 0 saturated carbocycles. The molecule has 0 saturated heterocycles. The van der Waals surface area contributed by atoms with Crippen LogP contribution in [0.25, 0.3) is 11.1 Å². The van der Waals surface area contributed by atoms with Crippen molar-refractivity contribution in [2.24, 2.45) is 0 Å². The molecule has 0 aliphatic carbocycles. The molecule has 0 N–H and O–H groups in total. The summed E-state index contributed by atoms with van der Waals surface area (Å²) in [5.41, 5.74) is 3.85. The van der Waals surface area contributed by atoms with Crippen molar-refractivity contribution >= 4 is 11.6 Å². The first-order valence-corrected chi connectivity index (χ1v) is 8.63. The third kappa shape index (κ3) is 2.99. The summed E-state index contributed by atoms with van der Waals surface area (Å²) < 4.78 is 28.7. The molecule has 1 atom stereocenters. The van der Waals surface area contributed by atoms with Crippen molar-refractivity contribution in [1.29, 1.82) is 0 Å². The van der Waals surface area contributed by atoms with Gasteiger partial charge in [-0.1, -0.05) is 17.7 Å². The summed E-state index contributed by atoms with van der Waals surface area (Å²) in [6, 6.07) is 9.64. The van der Waals surface area contributed by atoms with Crippen LogP contribution < -0.4 is 4.90 Å². The molecule has 3 aromatic rings. The van der Waals surface area contributed by atoms with Gasteiger partial charge in [0.05, 0.1) is 12.7 Å². The van der Waals surface area contributed by atoms with Crippen LogP contribution in [0, 0.1) is 13.8 Å². The number of amides is 1. The summed E-state index contributed by atoms with van der Waals surface area (Å²) >= 11 is 0. The second kappa shape index (κ2) is 6.57. The van der Waals surface area contributed by atoms with Gasteiger partial charge in [0.2, 0.25) is 0 Å². The number of fused-ring (bicyclic) bond motifs is 1. The minimum absolute atomic E-state index is 0.122. The Morgan fingerprint density at radius 2 is 1.89 bits per heavy atom. The van der Waals surface area contributed by atoms with E-state index < -0.39 is 12.5 Å². The molecule has 2 aromatic heterocycles. The highest BCUT2D eigenvalue weighted by molar-refractivity contribution is 6.09. The van der Waals surface area contributed by atoms with Crippen molar-refractivity contribution in [2.75, 3.05) is 11.4 Å². The lowest BCUT2D eigenvalue weighted by molar-refractivity contribution is 0.0662. The van der Waals surface area contributed by atoms with Gasteiger partial charge >= 0.3 is 0 Å².